The van der Waals surface area contributed by atoms with E-state index in [1.807, 2.05) is 25.1 Å². The molecule has 140 valence electrons. The summed E-state index contributed by atoms with van der Waals surface area (Å²) in [4.78, 5) is 0. The smallest absolute Gasteiger partial charge is 0.164 e. The van der Waals surface area contributed by atoms with Gasteiger partial charge in [-0.05, 0) is 42.7 Å². The zero-order valence-corrected chi connectivity index (χ0v) is 15.7. The van der Waals surface area contributed by atoms with Crippen LogP contribution in [-0.2, 0) is 24.3 Å². The van der Waals surface area contributed by atoms with Gasteiger partial charge in [-0.3, -0.25) is 0 Å². The second kappa shape index (κ2) is 8.92. The van der Waals surface area contributed by atoms with Crippen LogP contribution in [0.4, 0.5) is 0 Å². The van der Waals surface area contributed by atoms with Gasteiger partial charge in [0.2, 0.25) is 0 Å². The Hall–Kier alpha value is -2.24. The molecule has 2 aromatic carbocycles. The van der Waals surface area contributed by atoms with Gasteiger partial charge in [-0.2, -0.15) is 0 Å². The van der Waals surface area contributed by atoms with Crippen molar-refractivity contribution in [2.24, 2.45) is 0 Å². The minimum atomic E-state index is 0.270. The van der Waals surface area contributed by atoms with Crippen molar-refractivity contribution in [1.82, 2.24) is 5.32 Å². The molecule has 1 N–H and O–H groups in total. The predicted octanol–water partition coefficient (Wildman–Crippen LogP) is 3.33. The van der Waals surface area contributed by atoms with E-state index in [2.05, 4.69) is 23.5 Å². The second-order valence-electron chi connectivity index (χ2n) is 6.32. The Labute approximate surface area is 155 Å². The van der Waals surface area contributed by atoms with E-state index in [-0.39, 0.29) is 6.04 Å². The van der Waals surface area contributed by atoms with Crippen molar-refractivity contribution in [3.8, 4) is 17.2 Å². The highest BCUT2D eigenvalue weighted by molar-refractivity contribution is 5.48. The molecule has 0 radical (unpaired) electrons. The molecule has 0 fully saturated rings. The van der Waals surface area contributed by atoms with Crippen LogP contribution < -0.4 is 19.5 Å². The van der Waals surface area contributed by atoms with Crippen molar-refractivity contribution in [3.05, 3.63) is 53.1 Å². The summed E-state index contributed by atoms with van der Waals surface area (Å²) in [5, 5.41) is 3.59. The summed E-state index contributed by atoms with van der Waals surface area (Å²) in [5.74, 6) is 2.54. The quantitative estimate of drug-likeness (QED) is 0.785. The molecular formula is C21H27NO4. The van der Waals surface area contributed by atoms with Gasteiger partial charge in [0.1, 0.15) is 12.4 Å². The van der Waals surface area contributed by atoms with E-state index in [4.69, 9.17) is 18.9 Å². The van der Waals surface area contributed by atoms with E-state index in [0.717, 1.165) is 35.8 Å². The fourth-order valence-corrected chi connectivity index (χ4v) is 3.21. The Morgan fingerprint density at radius 3 is 2.73 bits per heavy atom. The van der Waals surface area contributed by atoms with Crippen molar-refractivity contribution >= 4 is 0 Å². The van der Waals surface area contributed by atoms with Crippen LogP contribution in [0.3, 0.4) is 0 Å². The molecule has 2 aromatic rings. The summed E-state index contributed by atoms with van der Waals surface area (Å²) < 4.78 is 22.3. The van der Waals surface area contributed by atoms with Crippen LogP contribution >= 0.6 is 0 Å². The molecule has 0 saturated carbocycles. The third-order valence-corrected chi connectivity index (χ3v) is 4.58. The third-order valence-electron chi connectivity index (χ3n) is 4.58. The van der Waals surface area contributed by atoms with E-state index in [0.29, 0.717) is 19.8 Å². The minimum Gasteiger partial charge on any atom is -0.496 e. The first-order valence-electron chi connectivity index (χ1n) is 9.00. The number of hydrogen-bond donors (Lipinski definition) is 1. The topological polar surface area (TPSA) is 49.0 Å². The Kier molecular flexibility index (Phi) is 6.36. The average molecular weight is 357 g/mol. The normalized spacial score (nSPS) is 15.9. The molecule has 1 heterocycles. The summed E-state index contributed by atoms with van der Waals surface area (Å²) in [6, 6.07) is 12.5. The Morgan fingerprint density at radius 2 is 1.96 bits per heavy atom. The molecule has 5 nitrogen and oxygen atoms in total. The van der Waals surface area contributed by atoms with Gasteiger partial charge in [0.05, 0.1) is 20.8 Å². The highest BCUT2D eigenvalue weighted by Crippen LogP contribution is 2.34. The summed E-state index contributed by atoms with van der Waals surface area (Å²) in [5.41, 5.74) is 3.46. The van der Waals surface area contributed by atoms with Gasteiger partial charge in [0, 0.05) is 24.8 Å². The molecule has 5 heteroatoms. The van der Waals surface area contributed by atoms with Gasteiger partial charge in [-0.1, -0.05) is 18.2 Å². The maximum atomic E-state index is 5.93. The molecule has 26 heavy (non-hydrogen) atoms. The number of hydrogen-bond acceptors (Lipinski definition) is 5. The monoisotopic (exact) mass is 357 g/mol. The molecule has 0 spiro atoms. The van der Waals surface area contributed by atoms with Crippen LogP contribution in [0.1, 0.15) is 23.6 Å². The molecule has 1 aliphatic rings. The first kappa shape index (κ1) is 18.5. The standard InChI is InChI=1S/C21H27NO4/c1-4-25-13-17-10-15(8-9-19(17)23-2)12-22-18-11-16-6-5-7-20(24-3)21(16)26-14-18/h5-10,18,22H,4,11-14H2,1-3H3. The number of fused-ring (bicyclic) bond motifs is 1. The summed E-state index contributed by atoms with van der Waals surface area (Å²) >= 11 is 0. The predicted molar refractivity (Wildman–Crippen MR) is 101 cm³/mol. The van der Waals surface area contributed by atoms with E-state index < -0.39 is 0 Å². The number of nitrogens with one attached hydrogen (secondary N) is 1. The highest BCUT2D eigenvalue weighted by atomic mass is 16.5. The van der Waals surface area contributed by atoms with E-state index in [1.54, 1.807) is 14.2 Å². The van der Waals surface area contributed by atoms with Crippen LogP contribution in [0.2, 0.25) is 0 Å². The largest absolute Gasteiger partial charge is 0.496 e. The molecular weight excluding hydrogens is 330 g/mol. The molecule has 0 aliphatic carbocycles. The second-order valence-corrected chi connectivity index (χ2v) is 6.32. The first-order valence-corrected chi connectivity index (χ1v) is 9.00. The van der Waals surface area contributed by atoms with Gasteiger partial charge in [-0.15, -0.1) is 0 Å². The SMILES string of the molecule is CCOCc1cc(CNC2COc3c(cccc3OC)C2)ccc1OC. The van der Waals surface area contributed by atoms with Crippen LogP contribution in [0, 0.1) is 0 Å². The molecule has 1 aliphatic heterocycles. The van der Waals surface area contributed by atoms with Crippen molar-refractivity contribution in [3.63, 3.8) is 0 Å². The van der Waals surface area contributed by atoms with Crippen LogP contribution in [0.5, 0.6) is 17.2 Å². The van der Waals surface area contributed by atoms with Crippen LogP contribution in [0.25, 0.3) is 0 Å². The number of para-hydroxylation sites is 1. The van der Waals surface area contributed by atoms with E-state index >= 15 is 0 Å². The zero-order valence-electron chi connectivity index (χ0n) is 15.7. The third kappa shape index (κ3) is 4.29. The molecule has 3 rings (SSSR count). The lowest BCUT2D eigenvalue weighted by Gasteiger charge is -2.27. The molecule has 0 aromatic heterocycles. The summed E-state index contributed by atoms with van der Waals surface area (Å²) in [6.07, 6.45) is 0.925. The Bertz CT molecular complexity index is 732. The summed E-state index contributed by atoms with van der Waals surface area (Å²) in [7, 11) is 3.36. The molecule has 1 unspecified atom stereocenters. The lowest BCUT2D eigenvalue weighted by molar-refractivity contribution is 0.132. The Morgan fingerprint density at radius 1 is 1.12 bits per heavy atom. The van der Waals surface area contributed by atoms with Crippen molar-refractivity contribution in [2.75, 3.05) is 27.4 Å². The molecule has 0 saturated heterocycles. The number of ether oxygens (including phenoxy) is 4. The molecule has 1 atom stereocenters. The lowest BCUT2D eigenvalue weighted by Crippen LogP contribution is -2.38. The fraction of sp³-hybridized carbons (Fsp3) is 0.429. The average Bonchev–Trinajstić information content (AvgIpc) is 2.69. The maximum Gasteiger partial charge on any atom is 0.164 e. The lowest BCUT2D eigenvalue weighted by atomic mass is 10.0. The van der Waals surface area contributed by atoms with Crippen LogP contribution in [0.15, 0.2) is 36.4 Å². The van der Waals surface area contributed by atoms with Gasteiger partial charge in [0.25, 0.3) is 0 Å². The first-order chi connectivity index (χ1) is 12.7. The summed E-state index contributed by atoms with van der Waals surface area (Å²) in [6.45, 7) is 4.65. The van der Waals surface area contributed by atoms with Crippen molar-refractivity contribution in [2.45, 2.75) is 32.5 Å². The fourth-order valence-electron chi connectivity index (χ4n) is 3.21. The number of methoxy groups -OCH3 is 2. The van der Waals surface area contributed by atoms with Crippen LogP contribution in [-0.4, -0.2) is 33.5 Å². The zero-order chi connectivity index (χ0) is 18.4. The molecule has 0 bridgehead atoms. The van der Waals surface area contributed by atoms with Crippen molar-refractivity contribution < 1.29 is 18.9 Å². The maximum absolute atomic E-state index is 5.93. The van der Waals surface area contributed by atoms with E-state index in [1.165, 1.54) is 11.1 Å². The number of benzene rings is 2. The van der Waals surface area contributed by atoms with Gasteiger partial charge < -0.3 is 24.3 Å². The minimum absolute atomic E-state index is 0.270. The molecule has 0 amide bonds. The van der Waals surface area contributed by atoms with E-state index in [9.17, 15) is 0 Å². The van der Waals surface area contributed by atoms with Crippen molar-refractivity contribution in [1.29, 1.82) is 0 Å². The van der Waals surface area contributed by atoms with Gasteiger partial charge in [0.15, 0.2) is 11.5 Å². The number of rotatable bonds is 8. The highest BCUT2D eigenvalue weighted by Gasteiger charge is 2.22. The Balaban J connectivity index is 1.62. The van der Waals surface area contributed by atoms with Gasteiger partial charge in [-0.25, -0.2) is 0 Å². The van der Waals surface area contributed by atoms with Gasteiger partial charge >= 0.3 is 0 Å².